The van der Waals surface area contributed by atoms with Crippen LogP contribution in [-0.4, -0.2) is 34.3 Å². The molecule has 0 saturated carbocycles. The lowest BCUT2D eigenvalue weighted by Crippen LogP contribution is -2.27. The van der Waals surface area contributed by atoms with E-state index >= 15 is 0 Å². The Morgan fingerprint density at radius 2 is 2.33 bits per heavy atom. The Bertz CT molecular complexity index is 282. The maximum atomic E-state index is 5.88. The highest BCUT2D eigenvalue weighted by Gasteiger charge is 2.04. The minimum atomic E-state index is 0.335. The number of aryl methyl sites for hydroxylation is 1. The summed E-state index contributed by atoms with van der Waals surface area (Å²) in [6.07, 6.45) is 6.08. The van der Waals surface area contributed by atoms with E-state index in [4.69, 9.17) is 5.73 Å². The summed E-state index contributed by atoms with van der Waals surface area (Å²) in [5, 5.41) is 4.15. The molecule has 1 atom stereocenters. The van der Waals surface area contributed by atoms with Crippen molar-refractivity contribution in [1.82, 2.24) is 14.7 Å². The van der Waals surface area contributed by atoms with Crippen LogP contribution < -0.4 is 5.73 Å². The van der Waals surface area contributed by atoms with Gasteiger partial charge < -0.3 is 10.6 Å². The molecule has 1 aromatic heterocycles. The molecule has 1 rings (SSSR count). The first kappa shape index (κ1) is 12.2. The topological polar surface area (TPSA) is 47.1 Å². The van der Waals surface area contributed by atoms with E-state index in [1.165, 1.54) is 5.56 Å². The third kappa shape index (κ3) is 4.44. The average molecular weight is 210 g/mol. The summed E-state index contributed by atoms with van der Waals surface area (Å²) in [6.45, 7) is 4.12. The lowest BCUT2D eigenvalue weighted by molar-refractivity contribution is 0.309. The number of hydrogen-bond acceptors (Lipinski definition) is 3. The summed E-state index contributed by atoms with van der Waals surface area (Å²) in [7, 11) is 4.06. The fourth-order valence-electron chi connectivity index (χ4n) is 1.53. The van der Waals surface area contributed by atoms with Gasteiger partial charge in [0.1, 0.15) is 0 Å². The molecule has 0 radical (unpaired) electrons. The molecule has 1 unspecified atom stereocenters. The molecule has 4 heteroatoms. The lowest BCUT2D eigenvalue weighted by Gasteiger charge is -2.17. The van der Waals surface area contributed by atoms with E-state index < -0.39 is 0 Å². The van der Waals surface area contributed by atoms with E-state index in [1.807, 2.05) is 17.9 Å². The van der Waals surface area contributed by atoms with Gasteiger partial charge in [-0.2, -0.15) is 5.10 Å². The Balaban J connectivity index is 2.27. The molecule has 15 heavy (non-hydrogen) atoms. The SMILES string of the molecule is CCC(N)CCN(C)Cc1cnn(C)c1. The fourth-order valence-corrected chi connectivity index (χ4v) is 1.53. The van der Waals surface area contributed by atoms with Crippen molar-refractivity contribution < 1.29 is 0 Å². The largest absolute Gasteiger partial charge is 0.328 e. The predicted octanol–water partition coefficient (Wildman–Crippen LogP) is 0.979. The van der Waals surface area contributed by atoms with Gasteiger partial charge in [0.25, 0.3) is 0 Å². The summed E-state index contributed by atoms with van der Waals surface area (Å²) >= 11 is 0. The van der Waals surface area contributed by atoms with Gasteiger partial charge in [0.05, 0.1) is 6.20 Å². The first-order chi connectivity index (χ1) is 7.11. The van der Waals surface area contributed by atoms with Crippen LogP contribution in [0.25, 0.3) is 0 Å². The molecule has 4 nitrogen and oxygen atoms in total. The van der Waals surface area contributed by atoms with Gasteiger partial charge in [0.15, 0.2) is 0 Å². The molecule has 86 valence electrons. The summed E-state index contributed by atoms with van der Waals surface area (Å²) < 4.78 is 1.83. The Kier molecular flexibility index (Phi) is 4.78. The van der Waals surface area contributed by atoms with E-state index in [0.717, 1.165) is 25.9 Å². The zero-order valence-corrected chi connectivity index (χ0v) is 9.98. The number of hydrogen-bond donors (Lipinski definition) is 1. The van der Waals surface area contributed by atoms with Gasteiger partial charge in [0.2, 0.25) is 0 Å². The fraction of sp³-hybridized carbons (Fsp3) is 0.727. The molecule has 0 saturated heterocycles. The van der Waals surface area contributed by atoms with Crippen LogP contribution in [0.2, 0.25) is 0 Å². The minimum absolute atomic E-state index is 0.335. The molecule has 0 aliphatic rings. The second kappa shape index (κ2) is 5.88. The van der Waals surface area contributed by atoms with Gasteiger partial charge in [-0.3, -0.25) is 4.68 Å². The zero-order chi connectivity index (χ0) is 11.3. The zero-order valence-electron chi connectivity index (χ0n) is 9.98. The lowest BCUT2D eigenvalue weighted by atomic mass is 10.1. The molecule has 0 bridgehead atoms. The second-order valence-electron chi connectivity index (χ2n) is 4.22. The van der Waals surface area contributed by atoms with Gasteiger partial charge in [-0.1, -0.05) is 6.92 Å². The van der Waals surface area contributed by atoms with Crippen LogP contribution in [0.5, 0.6) is 0 Å². The van der Waals surface area contributed by atoms with Crippen molar-refractivity contribution in [3.05, 3.63) is 18.0 Å². The highest BCUT2D eigenvalue weighted by Crippen LogP contribution is 2.03. The summed E-state index contributed by atoms with van der Waals surface area (Å²) in [5.41, 5.74) is 7.13. The van der Waals surface area contributed by atoms with Gasteiger partial charge >= 0.3 is 0 Å². The predicted molar refractivity (Wildman–Crippen MR) is 62.4 cm³/mol. The molecule has 1 aromatic rings. The molecular formula is C11H22N4. The van der Waals surface area contributed by atoms with Crippen LogP contribution in [0, 0.1) is 0 Å². The molecule has 0 fully saturated rings. The van der Waals surface area contributed by atoms with Crippen molar-refractivity contribution in [3.8, 4) is 0 Å². The summed E-state index contributed by atoms with van der Waals surface area (Å²) in [4.78, 5) is 2.28. The third-order valence-corrected chi connectivity index (χ3v) is 2.62. The van der Waals surface area contributed by atoms with Crippen molar-refractivity contribution in [1.29, 1.82) is 0 Å². The number of nitrogens with two attached hydrogens (primary N) is 1. The molecule has 0 aromatic carbocycles. The van der Waals surface area contributed by atoms with E-state index in [0.29, 0.717) is 6.04 Å². The standard InChI is InChI=1S/C11H22N4/c1-4-11(12)5-6-14(2)8-10-7-13-15(3)9-10/h7,9,11H,4-6,8,12H2,1-3H3. The third-order valence-electron chi connectivity index (χ3n) is 2.62. The van der Waals surface area contributed by atoms with Crippen LogP contribution >= 0.6 is 0 Å². The normalized spacial score (nSPS) is 13.4. The number of aromatic nitrogens is 2. The van der Waals surface area contributed by atoms with E-state index in [2.05, 4.69) is 30.2 Å². The molecule has 0 aliphatic carbocycles. The Hall–Kier alpha value is -0.870. The first-order valence-electron chi connectivity index (χ1n) is 5.53. The highest BCUT2D eigenvalue weighted by molar-refractivity contribution is 5.02. The van der Waals surface area contributed by atoms with Crippen molar-refractivity contribution >= 4 is 0 Å². The molecule has 0 spiro atoms. The van der Waals surface area contributed by atoms with Gasteiger partial charge in [-0.05, 0) is 26.4 Å². The quantitative estimate of drug-likeness (QED) is 0.761. The van der Waals surface area contributed by atoms with Crippen LogP contribution in [0.15, 0.2) is 12.4 Å². The Morgan fingerprint density at radius 3 is 2.87 bits per heavy atom. The molecule has 0 amide bonds. The summed E-state index contributed by atoms with van der Waals surface area (Å²) in [5.74, 6) is 0. The Morgan fingerprint density at radius 1 is 1.60 bits per heavy atom. The monoisotopic (exact) mass is 210 g/mol. The van der Waals surface area contributed by atoms with Crippen LogP contribution in [0.4, 0.5) is 0 Å². The molecular weight excluding hydrogens is 188 g/mol. The average Bonchev–Trinajstić information content (AvgIpc) is 2.60. The number of nitrogens with zero attached hydrogens (tertiary/aromatic N) is 3. The van der Waals surface area contributed by atoms with E-state index in [-0.39, 0.29) is 0 Å². The van der Waals surface area contributed by atoms with Gasteiger partial charge in [-0.15, -0.1) is 0 Å². The van der Waals surface area contributed by atoms with Gasteiger partial charge in [0, 0.05) is 31.4 Å². The van der Waals surface area contributed by atoms with Crippen LogP contribution in [-0.2, 0) is 13.6 Å². The summed E-state index contributed by atoms with van der Waals surface area (Å²) in [6, 6.07) is 0.335. The van der Waals surface area contributed by atoms with Crippen molar-refractivity contribution in [2.45, 2.75) is 32.4 Å². The first-order valence-corrected chi connectivity index (χ1v) is 5.53. The van der Waals surface area contributed by atoms with Crippen molar-refractivity contribution in [3.63, 3.8) is 0 Å². The highest BCUT2D eigenvalue weighted by atomic mass is 15.2. The maximum Gasteiger partial charge on any atom is 0.0534 e. The van der Waals surface area contributed by atoms with Crippen LogP contribution in [0.1, 0.15) is 25.3 Å². The smallest absolute Gasteiger partial charge is 0.0534 e. The second-order valence-corrected chi connectivity index (χ2v) is 4.22. The van der Waals surface area contributed by atoms with Crippen LogP contribution in [0.3, 0.4) is 0 Å². The number of rotatable bonds is 6. The van der Waals surface area contributed by atoms with E-state index in [1.54, 1.807) is 0 Å². The molecule has 2 N–H and O–H groups in total. The molecule has 1 heterocycles. The molecule has 0 aliphatic heterocycles. The maximum absolute atomic E-state index is 5.88. The van der Waals surface area contributed by atoms with Crippen molar-refractivity contribution in [2.75, 3.05) is 13.6 Å². The Labute approximate surface area is 92.1 Å². The van der Waals surface area contributed by atoms with E-state index in [9.17, 15) is 0 Å². The minimum Gasteiger partial charge on any atom is -0.328 e. The van der Waals surface area contributed by atoms with Crippen molar-refractivity contribution in [2.24, 2.45) is 12.8 Å². The van der Waals surface area contributed by atoms with Gasteiger partial charge in [-0.25, -0.2) is 0 Å².